The van der Waals surface area contributed by atoms with Crippen molar-refractivity contribution in [1.29, 1.82) is 0 Å². The molecule has 0 radical (unpaired) electrons. The Balaban J connectivity index is 0.00000196. The van der Waals surface area contributed by atoms with Crippen LogP contribution in [0.4, 0.5) is 0 Å². The fourth-order valence-corrected chi connectivity index (χ4v) is 1.56. The van der Waals surface area contributed by atoms with Crippen molar-refractivity contribution < 1.29 is 5.11 Å². The van der Waals surface area contributed by atoms with E-state index in [2.05, 4.69) is 19.2 Å². The Labute approximate surface area is 98.1 Å². The van der Waals surface area contributed by atoms with Gasteiger partial charge in [-0.3, -0.25) is 0 Å². The van der Waals surface area contributed by atoms with Crippen molar-refractivity contribution in [2.45, 2.75) is 39.0 Å². The highest BCUT2D eigenvalue weighted by Gasteiger charge is 2.15. The number of hydrogen-bond donors (Lipinski definition) is 2. The number of aliphatic hydroxyl groups excluding tert-OH is 1. The van der Waals surface area contributed by atoms with Gasteiger partial charge in [0.15, 0.2) is 0 Å². The number of rotatable bonds is 4. The zero-order valence-electron chi connectivity index (χ0n) is 9.47. The summed E-state index contributed by atoms with van der Waals surface area (Å²) in [4.78, 5) is 0. The Bertz CT molecular complexity index is 264. The molecule has 0 saturated heterocycles. The molecular weight excluding hydrogens is 210 g/mol. The van der Waals surface area contributed by atoms with Crippen molar-refractivity contribution in [3.8, 4) is 0 Å². The molecule has 0 amide bonds. The molecule has 86 valence electrons. The minimum atomic E-state index is -0.432. The number of aliphatic hydroxyl groups is 1. The number of hydrogen-bond acceptors (Lipinski definition) is 2. The molecule has 0 spiro atoms. The lowest BCUT2D eigenvalue weighted by atomic mass is 10.0. The summed E-state index contributed by atoms with van der Waals surface area (Å²) in [5, 5.41) is 13.3. The fraction of sp³-hybridized carbons (Fsp3) is 0.500. The SMILES string of the molecule is CC(C)N[C@@H](C)C(O)c1ccccc1.Cl. The van der Waals surface area contributed by atoms with E-state index in [4.69, 9.17) is 0 Å². The number of nitrogens with one attached hydrogen (secondary N) is 1. The van der Waals surface area contributed by atoms with Crippen molar-refractivity contribution in [2.75, 3.05) is 0 Å². The number of benzene rings is 1. The van der Waals surface area contributed by atoms with Crippen molar-refractivity contribution in [1.82, 2.24) is 5.32 Å². The molecule has 0 fully saturated rings. The van der Waals surface area contributed by atoms with E-state index in [1.54, 1.807) is 0 Å². The van der Waals surface area contributed by atoms with Crippen LogP contribution in [0.1, 0.15) is 32.4 Å². The van der Waals surface area contributed by atoms with Crippen LogP contribution in [-0.2, 0) is 0 Å². The van der Waals surface area contributed by atoms with Crippen LogP contribution in [-0.4, -0.2) is 17.2 Å². The topological polar surface area (TPSA) is 32.3 Å². The molecule has 0 aliphatic heterocycles. The molecule has 1 aromatic carbocycles. The Hall–Kier alpha value is -0.570. The first kappa shape index (κ1) is 14.4. The minimum Gasteiger partial charge on any atom is -0.387 e. The van der Waals surface area contributed by atoms with Crippen LogP contribution in [0.5, 0.6) is 0 Å². The van der Waals surface area contributed by atoms with Gasteiger partial charge in [-0.05, 0) is 12.5 Å². The molecular formula is C12H20ClNO. The van der Waals surface area contributed by atoms with E-state index in [0.29, 0.717) is 6.04 Å². The van der Waals surface area contributed by atoms with Gasteiger partial charge in [0.1, 0.15) is 0 Å². The van der Waals surface area contributed by atoms with Gasteiger partial charge < -0.3 is 10.4 Å². The van der Waals surface area contributed by atoms with Gasteiger partial charge in [0.05, 0.1) is 6.10 Å². The average molecular weight is 230 g/mol. The Morgan fingerprint density at radius 2 is 1.60 bits per heavy atom. The van der Waals surface area contributed by atoms with Crippen LogP contribution in [0.15, 0.2) is 30.3 Å². The number of halogens is 1. The normalized spacial score (nSPS) is 14.5. The minimum absolute atomic E-state index is 0. The molecule has 0 aliphatic carbocycles. The predicted molar refractivity (Wildman–Crippen MR) is 66.4 cm³/mol. The molecule has 2 atom stereocenters. The summed E-state index contributed by atoms with van der Waals surface area (Å²) < 4.78 is 0. The van der Waals surface area contributed by atoms with Gasteiger partial charge in [0.25, 0.3) is 0 Å². The lowest BCUT2D eigenvalue weighted by Crippen LogP contribution is -2.36. The van der Waals surface area contributed by atoms with Crippen molar-refractivity contribution in [2.24, 2.45) is 0 Å². The van der Waals surface area contributed by atoms with Crippen molar-refractivity contribution >= 4 is 12.4 Å². The van der Waals surface area contributed by atoms with Gasteiger partial charge in [0, 0.05) is 12.1 Å². The third-order valence-corrected chi connectivity index (χ3v) is 2.21. The zero-order chi connectivity index (χ0) is 10.6. The van der Waals surface area contributed by atoms with Crippen LogP contribution < -0.4 is 5.32 Å². The lowest BCUT2D eigenvalue weighted by molar-refractivity contribution is 0.132. The van der Waals surface area contributed by atoms with E-state index in [0.717, 1.165) is 5.56 Å². The van der Waals surface area contributed by atoms with E-state index in [1.165, 1.54) is 0 Å². The van der Waals surface area contributed by atoms with E-state index >= 15 is 0 Å². The second kappa shape index (κ2) is 6.83. The smallest absolute Gasteiger partial charge is 0.0940 e. The summed E-state index contributed by atoms with van der Waals surface area (Å²) in [7, 11) is 0. The third-order valence-electron chi connectivity index (χ3n) is 2.21. The summed E-state index contributed by atoms with van der Waals surface area (Å²) in [5.41, 5.74) is 0.966. The van der Waals surface area contributed by atoms with Crippen LogP contribution >= 0.6 is 12.4 Å². The van der Waals surface area contributed by atoms with Gasteiger partial charge in [-0.2, -0.15) is 0 Å². The molecule has 0 bridgehead atoms. The van der Waals surface area contributed by atoms with Gasteiger partial charge in [-0.1, -0.05) is 44.2 Å². The highest BCUT2D eigenvalue weighted by atomic mass is 35.5. The van der Waals surface area contributed by atoms with Crippen LogP contribution in [0, 0.1) is 0 Å². The summed E-state index contributed by atoms with van der Waals surface area (Å²) in [6.45, 7) is 6.15. The van der Waals surface area contributed by atoms with E-state index in [-0.39, 0.29) is 18.4 Å². The van der Waals surface area contributed by atoms with E-state index in [1.807, 2.05) is 37.3 Å². The van der Waals surface area contributed by atoms with Crippen molar-refractivity contribution in [3.63, 3.8) is 0 Å². The maximum atomic E-state index is 9.98. The molecule has 2 N–H and O–H groups in total. The van der Waals surface area contributed by atoms with Gasteiger partial charge >= 0.3 is 0 Å². The largest absolute Gasteiger partial charge is 0.387 e. The van der Waals surface area contributed by atoms with E-state index < -0.39 is 6.10 Å². The standard InChI is InChI=1S/C12H19NO.ClH/c1-9(2)13-10(3)12(14)11-7-5-4-6-8-11;/h4-10,12-14H,1-3H3;1H/t10-,12?;/m0./s1. The summed E-state index contributed by atoms with van der Waals surface area (Å²) in [5.74, 6) is 0. The molecule has 2 nitrogen and oxygen atoms in total. The maximum Gasteiger partial charge on any atom is 0.0940 e. The second-order valence-electron chi connectivity index (χ2n) is 3.97. The Morgan fingerprint density at radius 3 is 2.07 bits per heavy atom. The molecule has 1 rings (SSSR count). The van der Waals surface area contributed by atoms with Crippen LogP contribution in [0.2, 0.25) is 0 Å². The summed E-state index contributed by atoms with van der Waals surface area (Å²) in [6, 6.07) is 10.2. The summed E-state index contributed by atoms with van der Waals surface area (Å²) in [6.07, 6.45) is -0.432. The Morgan fingerprint density at radius 1 is 1.07 bits per heavy atom. The molecule has 0 heterocycles. The molecule has 1 aromatic rings. The molecule has 0 saturated carbocycles. The third kappa shape index (κ3) is 4.65. The predicted octanol–water partition coefficient (Wildman–Crippen LogP) is 2.53. The molecule has 3 heteroatoms. The Kier molecular flexibility index (Phi) is 6.57. The highest BCUT2D eigenvalue weighted by Crippen LogP contribution is 2.16. The first-order valence-electron chi connectivity index (χ1n) is 5.10. The first-order chi connectivity index (χ1) is 6.61. The average Bonchev–Trinajstić information content (AvgIpc) is 2.17. The van der Waals surface area contributed by atoms with E-state index in [9.17, 15) is 5.11 Å². The molecule has 1 unspecified atom stereocenters. The zero-order valence-corrected chi connectivity index (χ0v) is 10.3. The molecule has 0 aromatic heterocycles. The lowest BCUT2D eigenvalue weighted by Gasteiger charge is -2.22. The maximum absolute atomic E-state index is 9.98. The highest BCUT2D eigenvalue weighted by molar-refractivity contribution is 5.85. The quantitative estimate of drug-likeness (QED) is 0.832. The fourth-order valence-electron chi connectivity index (χ4n) is 1.56. The van der Waals surface area contributed by atoms with Crippen LogP contribution in [0.3, 0.4) is 0 Å². The van der Waals surface area contributed by atoms with Gasteiger partial charge in [0.2, 0.25) is 0 Å². The van der Waals surface area contributed by atoms with Crippen LogP contribution in [0.25, 0.3) is 0 Å². The second-order valence-corrected chi connectivity index (χ2v) is 3.97. The monoisotopic (exact) mass is 229 g/mol. The van der Waals surface area contributed by atoms with Crippen molar-refractivity contribution in [3.05, 3.63) is 35.9 Å². The summed E-state index contributed by atoms with van der Waals surface area (Å²) >= 11 is 0. The first-order valence-corrected chi connectivity index (χ1v) is 5.10. The van der Waals surface area contributed by atoms with Gasteiger partial charge in [-0.15, -0.1) is 12.4 Å². The van der Waals surface area contributed by atoms with Gasteiger partial charge in [-0.25, -0.2) is 0 Å². The molecule has 0 aliphatic rings. The molecule has 15 heavy (non-hydrogen) atoms.